The molecule has 86 valence electrons. The van der Waals surface area contributed by atoms with Crippen molar-refractivity contribution in [2.75, 3.05) is 13.7 Å². The van der Waals surface area contributed by atoms with Crippen LogP contribution >= 0.6 is 0 Å². The number of hydrogen-bond acceptors (Lipinski definition) is 2. The van der Waals surface area contributed by atoms with Gasteiger partial charge in [-0.05, 0) is 38.0 Å². The van der Waals surface area contributed by atoms with Crippen molar-refractivity contribution in [3.05, 3.63) is 29.6 Å². The molecule has 0 aliphatic rings. The lowest BCUT2D eigenvalue weighted by molar-refractivity contribution is 0.192. The maximum Gasteiger partial charge on any atom is 0.0462 e. The minimum absolute atomic E-state index is 0.924. The molecule has 0 radical (unpaired) electrons. The summed E-state index contributed by atoms with van der Waals surface area (Å²) in [5.41, 5.74) is 2.36. The van der Waals surface area contributed by atoms with E-state index in [1.54, 1.807) is 7.11 Å². The average molecular weight is 209 g/mol. The highest BCUT2D eigenvalue weighted by Crippen LogP contribution is 1.96. The van der Waals surface area contributed by atoms with Crippen LogP contribution in [0.5, 0.6) is 0 Å². The van der Waals surface area contributed by atoms with E-state index >= 15 is 0 Å². The van der Waals surface area contributed by atoms with Gasteiger partial charge in [-0.2, -0.15) is 0 Å². The van der Waals surface area contributed by atoms with Gasteiger partial charge in [0.1, 0.15) is 0 Å². The van der Waals surface area contributed by atoms with Crippen molar-refractivity contribution >= 4 is 0 Å². The van der Waals surface area contributed by atoms with Crippen LogP contribution in [0.2, 0.25) is 0 Å². The van der Waals surface area contributed by atoms with Crippen molar-refractivity contribution in [3.8, 4) is 0 Å². The third-order valence-electron chi connectivity index (χ3n) is 2.00. The van der Waals surface area contributed by atoms with E-state index in [1.165, 1.54) is 24.8 Å². The Kier molecular flexibility index (Phi) is 9.08. The van der Waals surface area contributed by atoms with Crippen LogP contribution in [-0.2, 0) is 4.74 Å². The normalized spacial score (nSPS) is 9.33. The molecule has 1 rings (SSSR count). The molecular formula is C13H23NO. The zero-order valence-corrected chi connectivity index (χ0v) is 10.4. The third-order valence-corrected chi connectivity index (χ3v) is 2.00. The van der Waals surface area contributed by atoms with E-state index in [4.69, 9.17) is 4.74 Å². The van der Waals surface area contributed by atoms with Crippen molar-refractivity contribution in [1.82, 2.24) is 4.98 Å². The van der Waals surface area contributed by atoms with Gasteiger partial charge in [-0.1, -0.05) is 19.8 Å². The molecule has 15 heavy (non-hydrogen) atoms. The molecule has 0 aromatic carbocycles. The van der Waals surface area contributed by atoms with Gasteiger partial charge in [-0.15, -0.1) is 0 Å². The van der Waals surface area contributed by atoms with Crippen molar-refractivity contribution in [2.45, 2.75) is 40.0 Å². The zero-order chi connectivity index (χ0) is 11.5. The topological polar surface area (TPSA) is 22.1 Å². The summed E-state index contributed by atoms with van der Waals surface area (Å²) in [6.07, 6.45) is 5.62. The maximum absolute atomic E-state index is 4.84. The zero-order valence-electron chi connectivity index (χ0n) is 10.4. The molecule has 0 bridgehead atoms. The fraction of sp³-hybridized carbons (Fsp3) is 0.615. The standard InChI is InChI=1S/C7H9N.C6H14O/c1-6-3-4-8-7(2)5-6;1-3-4-5-6-7-2/h3-5H,1-2H3;3-6H2,1-2H3. The summed E-state index contributed by atoms with van der Waals surface area (Å²) in [5.74, 6) is 0. The lowest BCUT2D eigenvalue weighted by atomic mass is 10.3. The molecule has 0 saturated carbocycles. The second-order valence-electron chi connectivity index (χ2n) is 3.67. The number of methoxy groups -OCH3 is 1. The lowest BCUT2D eigenvalue weighted by Crippen LogP contribution is -1.85. The van der Waals surface area contributed by atoms with Gasteiger partial charge in [-0.3, -0.25) is 4.98 Å². The van der Waals surface area contributed by atoms with Crippen molar-refractivity contribution in [1.29, 1.82) is 0 Å². The summed E-state index contributed by atoms with van der Waals surface area (Å²) in [6.45, 7) is 7.17. The van der Waals surface area contributed by atoms with E-state index < -0.39 is 0 Å². The molecule has 0 unspecified atom stereocenters. The van der Waals surface area contributed by atoms with Crippen LogP contribution in [0.3, 0.4) is 0 Å². The Labute approximate surface area is 93.7 Å². The highest BCUT2D eigenvalue weighted by atomic mass is 16.5. The van der Waals surface area contributed by atoms with Crippen LogP contribution in [0, 0.1) is 13.8 Å². The third kappa shape index (κ3) is 9.42. The van der Waals surface area contributed by atoms with E-state index in [0.717, 1.165) is 12.3 Å². The van der Waals surface area contributed by atoms with Crippen LogP contribution < -0.4 is 0 Å². The number of rotatable bonds is 4. The Balaban J connectivity index is 0.000000265. The largest absolute Gasteiger partial charge is 0.385 e. The van der Waals surface area contributed by atoms with Gasteiger partial charge in [0, 0.05) is 25.6 Å². The van der Waals surface area contributed by atoms with Gasteiger partial charge in [0.15, 0.2) is 0 Å². The summed E-state index contributed by atoms with van der Waals surface area (Å²) in [6, 6.07) is 4.05. The van der Waals surface area contributed by atoms with Gasteiger partial charge in [-0.25, -0.2) is 0 Å². The van der Waals surface area contributed by atoms with Crippen LogP contribution in [0.15, 0.2) is 18.3 Å². The molecule has 0 amide bonds. The Morgan fingerprint density at radius 3 is 2.40 bits per heavy atom. The highest BCUT2D eigenvalue weighted by Gasteiger charge is 1.82. The van der Waals surface area contributed by atoms with Crippen LogP contribution in [0.25, 0.3) is 0 Å². The number of aryl methyl sites for hydroxylation is 2. The van der Waals surface area contributed by atoms with Gasteiger partial charge >= 0.3 is 0 Å². The van der Waals surface area contributed by atoms with Gasteiger partial charge in [0.25, 0.3) is 0 Å². The first-order chi connectivity index (χ1) is 7.20. The molecule has 0 N–H and O–H groups in total. The SMILES string of the molecule is CCCCCOC.Cc1ccnc(C)c1. The smallest absolute Gasteiger partial charge is 0.0462 e. The van der Waals surface area contributed by atoms with Crippen LogP contribution in [0.4, 0.5) is 0 Å². The summed E-state index contributed by atoms with van der Waals surface area (Å²) >= 11 is 0. The van der Waals surface area contributed by atoms with E-state index in [0.29, 0.717) is 0 Å². The second-order valence-corrected chi connectivity index (χ2v) is 3.67. The lowest BCUT2D eigenvalue weighted by Gasteiger charge is -1.92. The quantitative estimate of drug-likeness (QED) is 0.708. The molecule has 0 fully saturated rings. The Hall–Kier alpha value is -0.890. The fourth-order valence-corrected chi connectivity index (χ4v) is 1.18. The first kappa shape index (κ1) is 14.1. The molecule has 0 spiro atoms. The Bertz CT molecular complexity index is 227. The van der Waals surface area contributed by atoms with E-state index in [-0.39, 0.29) is 0 Å². The summed E-state index contributed by atoms with van der Waals surface area (Å²) in [7, 11) is 1.75. The van der Waals surface area contributed by atoms with Crippen LogP contribution in [-0.4, -0.2) is 18.7 Å². The summed E-state index contributed by atoms with van der Waals surface area (Å²) < 4.78 is 4.84. The maximum atomic E-state index is 4.84. The monoisotopic (exact) mass is 209 g/mol. The van der Waals surface area contributed by atoms with E-state index in [2.05, 4.69) is 24.9 Å². The number of ether oxygens (including phenoxy) is 1. The van der Waals surface area contributed by atoms with E-state index in [9.17, 15) is 0 Å². The van der Waals surface area contributed by atoms with Gasteiger partial charge < -0.3 is 4.74 Å². The highest BCUT2D eigenvalue weighted by molar-refractivity contribution is 5.12. The van der Waals surface area contributed by atoms with Crippen LogP contribution in [0.1, 0.15) is 37.4 Å². The Morgan fingerprint density at radius 2 is 2.00 bits per heavy atom. The first-order valence-electron chi connectivity index (χ1n) is 5.59. The second kappa shape index (κ2) is 9.66. The molecule has 0 aliphatic heterocycles. The summed E-state index contributed by atoms with van der Waals surface area (Å²) in [4.78, 5) is 4.04. The van der Waals surface area contributed by atoms with Gasteiger partial charge in [0.05, 0.1) is 0 Å². The first-order valence-corrected chi connectivity index (χ1v) is 5.59. The molecule has 2 heteroatoms. The molecule has 1 aromatic rings. The molecule has 0 saturated heterocycles. The minimum atomic E-state index is 0.924. The molecule has 0 atom stereocenters. The predicted octanol–water partition coefficient (Wildman–Crippen LogP) is 3.52. The van der Waals surface area contributed by atoms with Crippen molar-refractivity contribution < 1.29 is 4.74 Å². The number of aromatic nitrogens is 1. The molecular weight excluding hydrogens is 186 g/mol. The molecule has 2 nitrogen and oxygen atoms in total. The average Bonchev–Trinajstić information content (AvgIpc) is 2.19. The van der Waals surface area contributed by atoms with Crippen molar-refractivity contribution in [3.63, 3.8) is 0 Å². The van der Waals surface area contributed by atoms with Crippen molar-refractivity contribution in [2.24, 2.45) is 0 Å². The predicted molar refractivity (Wildman–Crippen MR) is 65.1 cm³/mol. The molecule has 1 heterocycles. The number of nitrogens with zero attached hydrogens (tertiary/aromatic N) is 1. The Morgan fingerprint density at radius 1 is 1.27 bits per heavy atom. The number of unbranched alkanes of at least 4 members (excludes halogenated alkanes) is 2. The molecule has 0 aliphatic carbocycles. The fourth-order valence-electron chi connectivity index (χ4n) is 1.18. The number of pyridine rings is 1. The summed E-state index contributed by atoms with van der Waals surface area (Å²) in [5, 5.41) is 0. The van der Waals surface area contributed by atoms with Gasteiger partial charge in [0.2, 0.25) is 0 Å². The number of hydrogen-bond donors (Lipinski definition) is 0. The minimum Gasteiger partial charge on any atom is -0.385 e. The molecule has 1 aromatic heterocycles. The van der Waals surface area contributed by atoms with E-state index in [1.807, 2.05) is 19.2 Å².